The van der Waals surface area contributed by atoms with Gasteiger partial charge in [0.25, 0.3) is 0 Å². The van der Waals surface area contributed by atoms with Crippen LogP contribution in [0.2, 0.25) is 0 Å². The highest BCUT2D eigenvalue weighted by molar-refractivity contribution is 9.10. The van der Waals surface area contributed by atoms with Gasteiger partial charge < -0.3 is 19.9 Å². The minimum absolute atomic E-state index is 0.0453. The Morgan fingerprint density at radius 2 is 2.04 bits per heavy atom. The topological polar surface area (TPSA) is 102 Å². The minimum atomic E-state index is -0.895. The third kappa shape index (κ3) is 3.53. The molecule has 1 aliphatic carbocycles. The highest BCUT2D eigenvalue weighted by atomic mass is 79.9. The molecule has 3 atom stereocenters. The van der Waals surface area contributed by atoms with E-state index in [1.165, 1.54) is 7.11 Å². The summed E-state index contributed by atoms with van der Waals surface area (Å²) in [5.41, 5.74) is 1.64. The number of carbonyl (C=O) groups excluding carboxylic acids is 3. The lowest BCUT2D eigenvalue weighted by molar-refractivity contribution is -0.151. The largest absolute Gasteiger partial charge is 0.503 e. The Labute approximate surface area is 171 Å². The fourth-order valence-electron chi connectivity index (χ4n) is 3.94. The van der Waals surface area contributed by atoms with Gasteiger partial charge in [-0.05, 0) is 52.9 Å². The molecule has 1 amide bonds. The smallest absolute Gasteiger partial charge is 0.316 e. The number of hydrogen-bond donors (Lipinski definition) is 2. The Bertz CT molecular complexity index is 878. The van der Waals surface area contributed by atoms with Crippen molar-refractivity contribution >= 4 is 33.6 Å². The van der Waals surface area contributed by atoms with Gasteiger partial charge in [-0.15, -0.1) is 0 Å². The van der Waals surface area contributed by atoms with Gasteiger partial charge >= 0.3 is 5.97 Å². The van der Waals surface area contributed by atoms with E-state index in [9.17, 15) is 19.5 Å². The molecule has 0 saturated carbocycles. The quantitative estimate of drug-likeness (QED) is 0.538. The van der Waals surface area contributed by atoms with Crippen molar-refractivity contribution in [1.29, 1.82) is 0 Å². The molecule has 1 aromatic carbocycles. The highest BCUT2D eigenvalue weighted by Crippen LogP contribution is 2.45. The number of methoxy groups -OCH3 is 1. The van der Waals surface area contributed by atoms with E-state index in [1.54, 1.807) is 26.0 Å². The summed E-state index contributed by atoms with van der Waals surface area (Å²) in [6, 6.07) is 3.31. The van der Waals surface area contributed by atoms with E-state index in [0.717, 1.165) is 0 Å². The van der Waals surface area contributed by atoms with Crippen LogP contribution in [-0.2, 0) is 19.1 Å². The summed E-state index contributed by atoms with van der Waals surface area (Å²) in [7, 11) is 1.26. The number of phenols is 1. The molecule has 0 fully saturated rings. The molecule has 0 aromatic heterocycles. The molecule has 1 heterocycles. The molecular weight excluding hydrogens is 430 g/mol. The number of Topliss-reactive ketones (excluding diaryl/α,β-unsaturated/α-hetero) is 1. The summed E-state index contributed by atoms with van der Waals surface area (Å²) in [5, 5.41) is 13.0. The van der Waals surface area contributed by atoms with Crippen molar-refractivity contribution in [3.8, 4) is 11.5 Å². The molecule has 3 rings (SSSR count). The van der Waals surface area contributed by atoms with Crippen LogP contribution in [0.15, 0.2) is 27.9 Å². The zero-order chi connectivity index (χ0) is 20.6. The van der Waals surface area contributed by atoms with Crippen LogP contribution in [-0.4, -0.2) is 36.5 Å². The standard InChI is InChI=1S/C20H22BrNO6/c1-4-28-14-7-10(6-12(21)18(14)24)11-8-15(23)22-13-5-9(2)16(20(26)27-3)19(25)17(11)13/h6-7,9,11,16,24H,4-5,8H2,1-3H3,(H,22,23)/t9-,11+,16+/m1/s1. The molecule has 0 unspecified atom stereocenters. The molecule has 150 valence electrons. The molecule has 1 aromatic rings. The summed E-state index contributed by atoms with van der Waals surface area (Å²) < 4.78 is 10.7. The van der Waals surface area contributed by atoms with E-state index in [1.807, 2.05) is 0 Å². The lowest BCUT2D eigenvalue weighted by Crippen LogP contribution is -2.44. The van der Waals surface area contributed by atoms with Crippen LogP contribution < -0.4 is 10.1 Å². The molecule has 2 N–H and O–H groups in total. The first kappa shape index (κ1) is 20.4. The number of rotatable bonds is 4. The zero-order valence-electron chi connectivity index (χ0n) is 15.9. The van der Waals surface area contributed by atoms with Crippen molar-refractivity contribution in [2.45, 2.75) is 32.6 Å². The fourth-order valence-corrected chi connectivity index (χ4v) is 4.40. The van der Waals surface area contributed by atoms with Gasteiger partial charge in [0.1, 0.15) is 5.92 Å². The van der Waals surface area contributed by atoms with Gasteiger partial charge in [-0.3, -0.25) is 14.4 Å². The normalized spacial score (nSPS) is 24.5. The molecule has 0 radical (unpaired) electrons. The van der Waals surface area contributed by atoms with E-state index in [-0.39, 0.29) is 35.5 Å². The maximum atomic E-state index is 13.2. The van der Waals surface area contributed by atoms with E-state index in [0.29, 0.717) is 34.3 Å². The molecule has 2 aliphatic rings. The van der Waals surface area contributed by atoms with Crippen molar-refractivity contribution in [3.05, 3.63) is 33.4 Å². The van der Waals surface area contributed by atoms with Crippen molar-refractivity contribution in [2.24, 2.45) is 11.8 Å². The second kappa shape index (κ2) is 7.95. The number of benzene rings is 1. The van der Waals surface area contributed by atoms with Crippen LogP contribution in [0.4, 0.5) is 0 Å². The van der Waals surface area contributed by atoms with Gasteiger partial charge in [0, 0.05) is 23.6 Å². The molecule has 0 saturated heterocycles. The third-order valence-corrected chi connectivity index (χ3v) is 5.81. The fraction of sp³-hybridized carbons (Fsp3) is 0.450. The van der Waals surface area contributed by atoms with Crippen LogP contribution in [0.3, 0.4) is 0 Å². The third-order valence-electron chi connectivity index (χ3n) is 5.20. The minimum Gasteiger partial charge on any atom is -0.503 e. The maximum absolute atomic E-state index is 13.2. The number of carbonyl (C=O) groups is 3. The number of amides is 1. The first-order chi connectivity index (χ1) is 13.3. The average Bonchev–Trinajstić information content (AvgIpc) is 2.64. The monoisotopic (exact) mass is 451 g/mol. The summed E-state index contributed by atoms with van der Waals surface area (Å²) in [6.45, 7) is 3.94. The SMILES string of the molecule is CCOc1cc([C@@H]2CC(=O)NC3=C2C(=O)[C@@H](C(=O)OC)[C@H](C)C3)cc(Br)c1O. The van der Waals surface area contributed by atoms with Crippen molar-refractivity contribution in [3.63, 3.8) is 0 Å². The highest BCUT2D eigenvalue weighted by Gasteiger charge is 2.45. The predicted molar refractivity (Wildman–Crippen MR) is 104 cm³/mol. The van der Waals surface area contributed by atoms with Crippen LogP contribution in [0, 0.1) is 11.8 Å². The van der Waals surface area contributed by atoms with Crippen molar-refractivity contribution in [1.82, 2.24) is 5.32 Å². The Morgan fingerprint density at radius 1 is 1.32 bits per heavy atom. The number of nitrogens with one attached hydrogen (secondary N) is 1. The molecule has 0 bridgehead atoms. The summed E-state index contributed by atoms with van der Waals surface area (Å²) in [6.07, 6.45) is 0.469. The molecule has 7 nitrogen and oxygen atoms in total. The van der Waals surface area contributed by atoms with E-state index in [4.69, 9.17) is 9.47 Å². The number of hydrogen-bond acceptors (Lipinski definition) is 6. The van der Waals surface area contributed by atoms with Gasteiger partial charge in [0.05, 0.1) is 18.2 Å². The number of halogens is 1. The average molecular weight is 452 g/mol. The van der Waals surface area contributed by atoms with Gasteiger partial charge in [-0.2, -0.15) is 0 Å². The number of esters is 1. The second-order valence-corrected chi connectivity index (χ2v) is 7.88. The number of ketones is 1. The second-order valence-electron chi connectivity index (χ2n) is 7.03. The number of allylic oxidation sites excluding steroid dienone is 2. The van der Waals surface area contributed by atoms with Crippen LogP contribution >= 0.6 is 15.9 Å². The molecule has 1 aliphatic heterocycles. The summed E-state index contributed by atoms with van der Waals surface area (Å²) in [5.74, 6) is -2.57. The number of phenolic OH excluding ortho intramolecular Hbond substituents is 1. The lowest BCUT2D eigenvalue weighted by atomic mass is 9.70. The van der Waals surface area contributed by atoms with Gasteiger partial charge in [-0.1, -0.05) is 6.92 Å². The molecule has 8 heteroatoms. The first-order valence-electron chi connectivity index (χ1n) is 9.08. The van der Waals surface area contributed by atoms with Crippen LogP contribution in [0.1, 0.15) is 38.2 Å². The first-order valence-corrected chi connectivity index (χ1v) is 9.87. The van der Waals surface area contributed by atoms with Gasteiger partial charge in [0.2, 0.25) is 5.91 Å². The van der Waals surface area contributed by atoms with Crippen molar-refractivity contribution in [2.75, 3.05) is 13.7 Å². The summed E-state index contributed by atoms with van der Waals surface area (Å²) >= 11 is 3.30. The molecular formula is C20H22BrNO6. The van der Waals surface area contributed by atoms with Crippen LogP contribution in [0.25, 0.3) is 0 Å². The Kier molecular flexibility index (Phi) is 5.79. The molecule has 28 heavy (non-hydrogen) atoms. The summed E-state index contributed by atoms with van der Waals surface area (Å²) in [4.78, 5) is 37.7. The van der Waals surface area contributed by atoms with Crippen molar-refractivity contribution < 1.29 is 29.0 Å². The lowest BCUT2D eigenvalue weighted by Gasteiger charge is -2.36. The van der Waals surface area contributed by atoms with E-state index < -0.39 is 17.8 Å². The molecule has 0 spiro atoms. The Hall–Kier alpha value is -2.35. The maximum Gasteiger partial charge on any atom is 0.316 e. The number of ether oxygens (including phenoxy) is 2. The number of aromatic hydroxyl groups is 1. The predicted octanol–water partition coefficient (Wildman–Crippen LogP) is 2.81. The zero-order valence-corrected chi connectivity index (χ0v) is 17.5. The van der Waals surface area contributed by atoms with E-state index in [2.05, 4.69) is 21.2 Å². The Balaban J connectivity index is 2.11. The van der Waals surface area contributed by atoms with Gasteiger partial charge in [-0.25, -0.2) is 0 Å². The van der Waals surface area contributed by atoms with E-state index >= 15 is 0 Å². The van der Waals surface area contributed by atoms with Crippen LogP contribution in [0.5, 0.6) is 11.5 Å². The van der Waals surface area contributed by atoms with Gasteiger partial charge in [0.15, 0.2) is 17.3 Å². The Morgan fingerprint density at radius 3 is 2.68 bits per heavy atom.